The number of nitro groups is 1. The number of ether oxygens (including phenoxy) is 2. The molecule has 9 heteroatoms. The van der Waals surface area contributed by atoms with Crippen molar-refractivity contribution >= 4 is 23.3 Å². The van der Waals surface area contributed by atoms with E-state index >= 15 is 0 Å². The van der Waals surface area contributed by atoms with Crippen LogP contribution < -0.4 is 10.1 Å². The molecule has 1 heterocycles. The molecule has 3 aromatic rings. The fraction of sp³-hybridized carbons (Fsp3) is 0.143. The molecule has 1 N–H and O–H groups in total. The number of nitrogens with one attached hydrogen (secondary N) is 1. The lowest BCUT2D eigenvalue weighted by molar-refractivity contribution is -0.384. The Labute approximate surface area is 171 Å². The predicted molar refractivity (Wildman–Crippen MR) is 108 cm³/mol. The molecule has 1 aromatic heterocycles. The summed E-state index contributed by atoms with van der Waals surface area (Å²) in [7, 11) is 1.41. The van der Waals surface area contributed by atoms with E-state index in [0.29, 0.717) is 17.0 Å². The van der Waals surface area contributed by atoms with Gasteiger partial charge in [0.1, 0.15) is 11.5 Å². The predicted octanol–water partition coefficient (Wildman–Crippen LogP) is 4.29. The standard InChI is InChI=1S/C21H18N2O7/c1-3-29-21(25)13-5-4-6-14(11-13)22-20(24)19-10-9-18(30-19)16-8-7-15(28-2)12-17(16)23(26)27/h4-12H,3H2,1-2H3,(H,22,24). The van der Waals surface area contributed by atoms with Crippen molar-refractivity contribution in [1.82, 2.24) is 0 Å². The monoisotopic (exact) mass is 410 g/mol. The summed E-state index contributed by atoms with van der Waals surface area (Å²) in [4.78, 5) is 35.2. The number of furan rings is 1. The summed E-state index contributed by atoms with van der Waals surface area (Å²) in [5, 5.41) is 14.0. The highest BCUT2D eigenvalue weighted by Crippen LogP contribution is 2.34. The number of hydrogen-bond acceptors (Lipinski definition) is 7. The highest BCUT2D eigenvalue weighted by molar-refractivity contribution is 6.03. The molecule has 0 spiro atoms. The third kappa shape index (κ3) is 4.46. The molecule has 0 aliphatic carbocycles. The Morgan fingerprint density at radius 1 is 1.13 bits per heavy atom. The Balaban J connectivity index is 1.82. The van der Waals surface area contributed by atoms with E-state index in [2.05, 4.69) is 5.32 Å². The Hall–Kier alpha value is -4.14. The number of amides is 1. The first kappa shape index (κ1) is 20.6. The molecule has 0 aliphatic heterocycles. The van der Waals surface area contributed by atoms with Gasteiger partial charge >= 0.3 is 5.97 Å². The number of esters is 1. The summed E-state index contributed by atoms with van der Waals surface area (Å²) in [6.07, 6.45) is 0. The van der Waals surface area contributed by atoms with Crippen LogP contribution in [-0.4, -0.2) is 30.5 Å². The van der Waals surface area contributed by atoms with Gasteiger partial charge in [0.15, 0.2) is 5.76 Å². The normalized spacial score (nSPS) is 10.3. The number of nitrogens with zero attached hydrogens (tertiary/aromatic N) is 1. The number of carbonyl (C=O) groups excluding carboxylic acids is 2. The van der Waals surface area contributed by atoms with E-state index in [1.165, 1.54) is 37.4 Å². The molecule has 0 fully saturated rings. The quantitative estimate of drug-likeness (QED) is 0.350. The van der Waals surface area contributed by atoms with Crippen molar-refractivity contribution in [1.29, 1.82) is 0 Å². The van der Waals surface area contributed by atoms with Crippen molar-refractivity contribution in [3.8, 4) is 17.1 Å². The van der Waals surface area contributed by atoms with Gasteiger partial charge in [-0.1, -0.05) is 6.07 Å². The van der Waals surface area contributed by atoms with Gasteiger partial charge in [-0.2, -0.15) is 0 Å². The molecule has 0 saturated carbocycles. The third-order valence-electron chi connectivity index (χ3n) is 4.13. The van der Waals surface area contributed by atoms with Gasteiger partial charge in [0.2, 0.25) is 0 Å². The largest absolute Gasteiger partial charge is 0.497 e. The summed E-state index contributed by atoms with van der Waals surface area (Å²) in [6.45, 7) is 1.94. The number of hydrogen-bond donors (Lipinski definition) is 1. The third-order valence-corrected chi connectivity index (χ3v) is 4.13. The fourth-order valence-electron chi connectivity index (χ4n) is 2.73. The van der Waals surface area contributed by atoms with Crippen molar-refractivity contribution < 1.29 is 28.4 Å². The second kappa shape index (κ2) is 8.91. The van der Waals surface area contributed by atoms with Crippen LogP contribution in [0.2, 0.25) is 0 Å². The SMILES string of the molecule is CCOC(=O)c1cccc(NC(=O)c2ccc(-c3ccc(OC)cc3[N+](=O)[O-])o2)c1. The molecular formula is C21H18N2O7. The highest BCUT2D eigenvalue weighted by atomic mass is 16.6. The van der Waals surface area contributed by atoms with Crippen LogP contribution in [-0.2, 0) is 4.74 Å². The van der Waals surface area contributed by atoms with Gasteiger partial charge in [0, 0.05) is 5.69 Å². The maximum absolute atomic E-state index is 12.5. The second-order valence-electron chi connectivity index (χ2n) is 6.06. The molecule has 1 amide bonds. The number of carbonyl (C=O) groups is 2. The van der Waals surface area contributed by atoms with Gasteiger partial charge in [0.25, 0.3) is 11.6 Å². The summed E-state index contributed by atoms with van der Waals surface area (Å²) >= 11 is 0. The summed E-state index contributed by atoms with van der Waals surface area (Å²) in [6, 6.07) is 13.5. The molecule has 154 valence electrons. The Bertz CT molecular complexity index is 1100. The smallest absolute Gasteiger partial charge is 0.338 e. The van der Waals surface area contributed by atoms with E-state index in [-0.39, 0.29) is 29.4 Å². The van der Waals surface area contributed by atoms with Crippen molar-refractivity contribution in [3.63, 3.8) is 0 Å². The first-order chi connectivity index (χ1) is 14.4. The van der Waals surface area contributed by atoms with Crippen LogP contribution in [0.4, 0.5) is 11.4 Å². The molecule has 2 aromatic carbocycles. The lowest BCUT2D eigenvalue weighted by atomic mass is 10.1. The van der Waals surface area contributed by atoms with E-state index in [1.54, 1.807) is 31.2 Å². The zero-order valence-electron chi connectivity index (χ0n) is 16.2. The van der Waals surface area contributed by atoms with E-state index < -0.39 is 16.8 Å². The number of rotatable bonds is 7. The van der Waals surface area contributed by atoms with Crippen molar-refractivity contribution in [2.24, 2.45) is 0 Å². The van der Waals surface area contributed by atoms with Crippen LogP contribution in [0.15, 0.2) is 59.0 Å². The zero-order chi connectivity index (χ0) is 21.7. The fourth-order valence-corrected chi connectivity index (χ4v) is 2.73. The van der Waals surface area contributed by atoms with Crippen LogP contribution >= 0.6 is 0 Å². The van der Waals surface area contributed by atoms with E-state index in [1.807, 2.05) is 0 Å². The van der Waals surface area contributed by atoms with Gasteiger partial charge < -0.3 is 19.2 Å². The molecule has 9 nitrogen and oxygen atoms in total. The van der Waals surface area contributed by atoms with Crippen molar-refractivity contribution in [2.45, 2.75) is 6.92 Å². The molecular weight excluding hydrogens is 392 g/mol. The maximum atomic E-state index is 12.5. The summed E-state index contributed by atoms with van der Waals surface area (Å²) < 4.78 is 15.5. The molecule has 30 heavy (non-hydrogen) atoms. The minimum Gasteiger partial charge on any atom is -0.497 e. The van der Waals surface area contributed by atoms with E-state index in [9.17, 15) is 19.7 Å². The molecule has 0 aliphatic rings. The number of benzene rings is 2. The summed E-state index contributed by atoms with van der Waals surface area (Å²) in [5.41, 5.74) is 0.671. The van der Waals surface area contributed by atoms with Gasteiger partial charge in [-0.25, -0.2) is 4.79 Å². The summed E-state index contributed by atoms with van der Waals surface area (Å²) in [5.74, 6) is -0.623. The molecule has 0 radical (unpaired) electrons. The lowest BCUT2D eigenvalue weighted by Gasteiger charge is -2.06. The molecule has 3 rings (SSSR count). The molecule has 0 bridgehead atoms. The molecule has 0 unspecified atom stereocenters. The van der Waals surface area contributed by atoms with Crippen LogP contribution in [0.3, 0.4) is 0 Å². The Morgan fingerprint density at radius 2 is 1.93 bits per heavy atom. The molecule has 0 saturated heterocycles. The van der Waals surface area contributed by atoms with Gasteiger partial charge in [-0.15, -0.1) is 0 Å². The Morgan fingerprint density at radius 3 is 2.63 bits per heavy atom. The Kier molecular flexibility index (Phi) is 6.11. The average Bonchev–Trinajstić information content (AvgIpc) is 3.24. The lowest BCUT2D eigenvalue weighted by Crippen LogP contribution is -2.12. The van der Waals surface area contributed by atoms with Crippen LogP contribution in [0.1, 0.15) is 27.8 Å². The van der Waals surface area contributed by atoms with Crippen molar-refractivity contribution in [3.05, 3.63) is 76.0 Å². The van der Waals surface area contributed by atoms with E-state index in [0.717, 1.165) is 0 Å². The van der Waals surface area contributed by atoms with Crippen LogP contribution in [0, 0.1) is 10.1 Å². The minimum atomic E-state index is -0.571. The van der Waals surface area contributed by atoms with Gasteiger partial charge in [0.05, 0.1) is 35.8 Å². The first-order valence-corrected chi connectivity index (χ1v) is 8.94. The highest BCUT2D eigenvalue weighted by Gasteiger charge is 2.21. The first-order valence-electron chi connectivity index (χ1n) is 8.94. The number of nitro benzene ring substituents is 1. The maximum Gasteiger partial charge on any atom is 0.338 e. The topological polar surface area (TPSA) is 121 Å². The number of methoxy groups -OCH3 is 1. The minimum absolute atomic E-state index is 0.0448. The van der Waals surface area contributed by atoms with Gasteiger partial charge in [-0.3, -0.25) is 14.9 Å². The van der Waals surface area contributed by atoms with Crippen LogP contribution in [0.25, 0.3) is 11.3 Å². The molecule has 0 atom stereocenters. The zero-order valence-corrected chi connectivity index (χ0v) is 16.2. The second-order valence-corrected chi connectivity index (χ2v) is 6.06. The van der Waals surface area contributed by atoms with Gasteiger partial charge in [-0.05, 0) is 49.4 Å². The van der Waals surface area contributed by atoms with Crippen molar-refractivity contribution in [2.75, 3.05) is 19.0 Å². The average molecular weight is 410 g/mol. The van der Waals surface area contributed by atoms with E-state index in [4.69, 9.17) is 13.9 Å². The number of anilines is 1. The van der Waals surface area contributed by atoms with Crippen LogP contribution in [0.5, 0.6) is 5.75 Å².